The van der Waals surface area contributed by atoms with Crippen molar-refractivity contribution in [1.82, 2.24) is 0 Å². The lowest BCUT2D eigenvalue weighted by atomic mass is 9.94. The predicted octanol–water partition coefficient (Wildman–Crippen LogP) is 1.53. The average Bonchev–Trinajstić information content (AvgIpc) is 2.35. The predicted molar refractivity (Wildman–Crippen MR) is 75.4 cm³/mol. The van der Waals surface area contributed by atoms with Gasteiger partial charge in [0.15, 0.2) is 9.84 Å². The van der Waals surface area contributed by atoms with Crippen molar-refractivity contribution in [3.05, 3.63) is 23.8 Å². The van der Waals surface area contributed by atoms with Crippen LogP contribution < -0.4 is 15.2 Å². The number of hydrogen-bond acceptors (Lipinski definition) is 5. The summed E-state index contributed by atoms with van der Waals surface area (Å²) in [5.41, 5.74) is 6.73. The van der Waals surface area contributed by atoms with Crippen LogP contribution in [0.2, 0.25) is 0 Å². The summed E-state index contributed by atoms with van der Waals surface area (Å²) in [6.07, 6.45) is 1.18. The van der Waals surface area contributed by atoms with Crippen LogP contribution in [-0.2, 0) is 9.84 Å². The third-order valence-electron chi connectivity index (χ3n) is 3.48. The SMILES string of the molecule is COc1cccc(OC)c1C(N)C(C)(C)S(C)(=O)=O. The van der Waals surface area contributed by atoms with Gasteiger partial charge in [-0.3, -0.25) is 0 Å². The highest BCUT2D eigenvalue weighted by molar-refractivity contribution is 7.92. The highest BCUT2D eigenvalue weighted by atomic mass is 32.2. The van der Waals surface area contributed by atoms with Gasteiger partial charge in [-0.25, -0.2) is 8.42 Å². The van der Waals surface area contributed by atoms with E-state index in [9.17, 15) is 8.42 Å². The molecular weight excluding hydrogens is 266 g/mol. The van der Waals surface area contributed by atoms with Gasteiger partial charge >= 0.3 is 0 Å². The monoisotopic (exact) mass is 287 g/mol. The summed E-state index contributed by atoms with van der Waals surface area (Å²) < 4.78 is 33.2. The molecule has 2 N–H and O–H groups in total. The molecule has 0 saturated heterocycles. The fourth-order valence-electron chi connectivity index (χ4n) is 1.76. The Bertz CT molecular complexity index is 530. The molecule has 0 bridgehead atoms. The first-order chi connectivity index (χ1) is 8.66. The van der Waals surface area contributed by atoms with Crippen molar-refractivity contribution >= 4 is 9.84 Å². The summed E-state index contributed by atoms with van der Waals surface area (Å²) in [5.74, 6) is 1.03. The summed E-state index contributed by atoms with van der Waals surface area (Å²) in [5, 5.41) is 0. The van der Waals surface area contributed by atoms with E-state index in [2.05, 4.69) is 0 Å². The number of hydrogen-bond donors (Lipinski definition) is 1. The number of methoxy groups -OCH3 is 2. The summed E-state index contributed by atoms with van der Waals surface area (Å²) in [4.78, 5) is 0. The minimum absolute atomic E-state index is 0.517. The van der Waals surface area contributed by atoms with Gasteiger partial charge < -0.3 is 15.2 Å². The first kappa shape index (κ1) is 15.8. The van der Waals surface area contributed by atoms with Gasteiger partial charge in [-0.15, -0.1) is 0 Å². The summed E-state index contributed by atoms with van der Waals surface area (Å²) >= 11 is 0. The molecule has 0 aliphatic rings. The minimum Gasteiger partial charge on any atom is -0.496 e. The van der Waals surface area contributed by atoms with Crippen LogP contribution in [0.1, 0.15) is 25.5 Å². The van der Waals surface area contributed by atoms with Gasteiger partial charge in [0.1, 0.15) is 11.5 Å². The van der Waals surface area contributed by atoms with E-state index in [1.165, 1.54) is 20.5 Å². The molecule has 6 heteroatoms. The lowest BCUT2D eigenvalue weighted by molar-refractivity contribution is 0.369. The number of sulfone groups is 1. The van der Waals surface area contributed by atoms with Gasteiger partial charge in [-0.2, -0.15) is 0 Å². The molecule has 19 heavy (non-hydrogen) atoms. The molecule has 0 aliphatic heterocycles. The highest BCUT2D eigenvalue weighted by Crippen LogP contribution is 2.40. The lowest BCUT2D eigenvalue weighted by Crippen LogP contribution is -2.42. The molecule has 0 aromatic heterocycles. The van der Waals surface area contributed by atoms with Gasteiger partial charge in [0, 0.05) is 6.26 Å². The van der Waals surface area contributed by atoms with Crippen molar-refractivity contribution in [1.29, 1.82) is 0 Å². The maximum atomic E-state index is 11.9. The maximum absolute atomic E-state index is 11.9. The van der Waals surface area contributed by atoms with Gasteiger partial charge in [0.25, 0.3) is 0 Å². The summed E-state index contributed by atoms with van der Waals surface area (Å²) in [6, 6.07) is 4.47. The largest absolute Gasteiger partial charge is 0.496 e. The van der Waals surface area contributed by atoms with Crippen LogP contribution in [0, 0.1) is 0 Å². The Labute approximate surface area is 114 Å². The molecule has 0 spiro atoms. The molecule has 1 unspecified atom stereocenters. The van der Waals surface area contributed by atoms with E-state index in [1.807, 2.05) is 0 Å². The van der Waals surface area contributed by atoms with E-state index < -0.39 is 20.6 Å². The maximum Gasteiger partial charge on any atom is 0.154 e. The van der Waals surface area contributed by atoms with E-state index >= 15 is 0 Å². The molecular formula is C13H21NO4S. The molecule has 1 rings (SSSR count). The Morgan fingerprint density at radius 1 is 1.16 bits per heavy atom. The van der Waals surface area contributed by atoms with Crippen molar-refractivity contribution in [2.75, 3.05) is 20.5 Å². The lowest BCUT2D eigenvalue weighted by Gasteiger charge is -2.31. The fraction of sp³-hybridized carbons (Fsp3) is 0.538. The molecule has 0 fully saturated rings. The second kappa shape index (κ2) is 5.38. The van der Waals surface area contributed by atoms with Gasteiger partial charge in [-0.1, -0.05) is 6.07 Å². The zero-order valence-electron chi connectivity index (χ0n) is 11.9. The molecule has 0 amide bonds. The average molecular weight is 287 g/mol. The fourth-order valence-corrected chi connectivity index (χ4v) is 2.34. The van der Waals surface area contributed by atoms with E-state index in [0.29, 0.717) is 17.1 Å². The second-order valence-corrected chi connectivity index (χ2v) is 7.53. The van der Waals surface area contributed by atoms with Crippen molar-refractivity contribution in [2.45, 2.75) is 24.6 Å². The third-order valence-corrected chi connectivity index (χ3v) is 5.65. The van der Waals surface area contributed by atoms with Crippen molar-refractivity contribution in [2.24, 2.45) is 5.73 Å². The Morgan fingerprint density at radius 2 is 1.58 bits per heavy atom. The van der Waals surface area contributed by atoms with Crippen molar-refractivity contribution in [3.8, 4) is 11.5 Å². The van der Waals surface area contributed by atoms with Crippen LogP contribution in [0.25, 0.3) is 0 Å². The molecule has 1 aromatic carbocycles. The van der Waals surface area contributed by atoms with Crippen LogP contribution in [0.4, 0.5) is 0 Å². The van der Waals surface area contributed by atoms with E-state index in [-0.39, 0.29) is 0 Å². The summed E-state index contributed by atoms with van der Waals surface area (Å²) in [7, 11) is -0.311. The number of benzene rings is 1. The number of nitrogens with two attached hydrogens (primary N) is 1. The van der Waals surface area contributed by atoms with Crippen LogP contribution in [0.15, 0.2) is 18.2 Å². The van der Waals surface area contributed by atoms with E-state index in [0.717, 1.165) is 0 Å². The van der Waals surface area contributed by atoms with Crippen molar-refractivity contribution in [3.63, 3.8) is 0 Å². The van der Waals surface area contributed by atoms with Gasteiger partial charge in [-0.05, 0) is 26.0 Å². The summed E-state index contributed by atoms with van der Waals surface area (Å²) in [6.45, 7) is 3.19. The molecule has 1 atom stereocenters. The molecule has 0 aliphatic carbocycles. The normalized spacial score (nSPS) is 14.0. The molecule has 5 nitrogen and oxygen atoms in total. The van der Waals surface area contributed by atoms with Crippen molar-refractivity contribution < 1.29 is 17.9 Å². The Morgan fingerprint density at radius 3 is 1.89 bits per heavy atom. The van der Waals surface area contributed by atoms with Crippen LogP contribution >= 0.6 is 0 Å². The van der Waals surface area contributed by atoms with Crippen LogP contribution in [0.5, 0.6) is 11.5 Å². The topological polar surface area (TPSA) is 78.6 Å². The quantitative estimate of drug-likeness (QED) is 0.888. The molecule has 1 aromatic rings. The van der Waals surface area contributed by atoms with E-state index in [1.54, 1.807) is 32.0 Å². The molecule has 0 saturated carbocycles. The van der Waals surface area contributed by atoms with E-state index in [4.69, 9.17) is 15.2 Å². The van der Waals surface area contributed by atoms with Gasteiger partial charge in [0.2, 0.25) is 0 Å². The number of rotatable bonds is 5. The molecule has 0 radical (unpaired) electrons. The third kappa shape index (κ3) is 2.84. The standard InChI is InChI=1S/C13H21NO4S/c1-13(2,19(5,15)16)12(14)11-9(17-3)7-6-8-10(11)18-4/h6-8,12H,14H2,1-5H3. The Kier molecular flexibility index (Phi) is 4.47. The van der Waals surface area contributed by atoms with Crippen LogP contribution in [0.3, 0.4) is 0 Å². The first-order valence-electron chi connectivity index (χ1n) is 5.83. The Balaban J connectivity index is 3.45. The highest BCUT2D eigenvalue weighted by Gasteiger charge is 2.40. The second-order valence-electron chi connectivity index (χ2n) is 4.93. The molecule has 108 valence electrons. The van der Waals surface area contributed by atoms with Gasteiger partial charge in [0.05, 0.1) is 30.6 Å². The zero-order chi connectivity index (χ0) is 14.8. The van der Waals surface area contributed by atoms with Crippen LogP contribution in [-0.4, -0.2) is 33.6 Å². The Hall–Kier alpha value is -1.27. The minimum atomic E-state index is -3.34. The smallest absolute Gasteiger partial charge is 0.154 e. The number of ether oxygens (including phenoxy) is 2. The zero-order valence-corrected chi connectivity index (χ0v) is 12.7. The first-order valence-corrected chi connectivity index (χ1v) is 7.72. The molecule has 0 heterocycles.